The van der Waals surface area contributed by atoms with Crippen molar-refractivity contribution in [2.75, 3.05) is 12.0 Å². The lowest BCUT2D eigenvalue weighted by atomic mass is 9.97. The minimum atomic E-state index is -1.20. The van der Waals surface area contributed by atoms with Gasteiger partial charge in [-0.1, -0.05) is 20.3 Å². The van der Waals surface area contributed by atoms with E-state index in [1.807, 2.05) is 20.1 Å². The van der Waals surface area contributed by atoms with Crippen LogP contribution in [0.1, 0.15) is 39.3 Å². The van der Waals surface area contributed by atoms with Crippen LogP contribution in [0.5, 0.6) is 0 Å². The van der Waals surface area contributed by atoms with Crippen LogP contribution in [0.15, 0.2) is 12.5 Å². The average molecular weight is 471 g/mol. The summed E-state index contributed by atoms with van der Waals surface area (Å²) in [6, 6.07) is -3.82. The molecule has 0 spiro atoms. The second-order valence-electron chi connectivity index (χ2n) is 7.68. The summed E-state index contributed by atoms with van der Waals surface area (Å²) in [5, 5.41) is 17.3. The van der Waals surface area contributed by atoms with Crippen molar-refractivity contribution in [3.63, 3.8) is 0 Å². The maximum absolute atomic E-state index is 13.0. The van der Waals surface area contributed by atoms with E-state index in [-0.39, 0.29) is 12.3 Å². The molecule has 11 nitrogen and oxygen atoms in total. The molecule has 5 atom stereocenters. The normalized spacial score (nSPS) is 15.7. The second kappa shape index (κ2) is 13.7. The Morgan fingerprint density at radius 3 is 2.28 bits per heavy atom. The number of H-pyrrole nitrogens is 1. The summed E-state index contributed by atoms with van der Waals surface area (Å²) in [7, 11) is 0. The first-order valence-electron chi connectivity index (χ1n) is 10.5. The molecule has 0 saturated carbocycles. The van der Waals surface area contributed by atoms with E-state index in [4.69, 9.17) is 5.73 Å². The molecule has 0 aliphatic rings. The number of thioether (sulfide) groups is 1. The van der Waals surface area contributed by atoms with Crippen molar-refractivity contribution >= 4 is 35.5 Å². The van der Waals surface area contributed by atoms with E-state index in [9.17, 15) is 24.3 Å². The smallest absolute Gasteiger partial charge is 0.326 e. The highest BCUT2D eigenvalue weighted by atomic mass is 32.2. The first-order valence-corrected chi connectivity index (χ1v) is 11.9. The fourth-order valence-corrected chi connectivity index (χ4v) is 3.31. The van der Waals surface area contributed by atoms with Gasteiger partial charge >= 0.3 is 5.97 Å². The lowest BCUT2D eigenvalue weighted by molar-refractivity contribution is -0.142. The molecule has 1 aromatic rings. The van der Waals surface area contributed by atoms with Crippen molar-refractivity contribution in [2.24, 2.45) is 11.7 Å². The van der Waals surface area contributed by atoms with Crippen molar-refractivity contribution < 1.29 is 24.3 Å². The molecular weight excluding hydrogens is 436 g/mol. The van der Waals surface area contributed by atoms with Crippen LogP contribution in [0.2, 0.25) is 0 Å². The van der Waals surface area contributed by atoms with Crippen molar-refractivity contribution in [1.29, 1.82) is 0 Å². The van der Waals surface area contributed by atoms with Crippen molar-refractivity contribution in [3.05, 3.63) is 18.2 Å². The topological polar surface area (TPSA) is 179 Å². The lowest BCUT2D eigenvalue weighted by Crippen LogP contribution is -2.58. The summed E-state index contributed by atoms with van der Waals surface area (Å²) in [5.41, 5.74) is 6.16. The molecule has 0 saturated heterocycles. The molecule has 5 unspecified atom stereocenters. The molecule has 1 heterocycles. The number of aromatic nitrogens is 2. The van der Waals surface area contributed by atoms with Gasteiger partial charge in [0.15, 0.2) is 0 Å². The molecule has 1 rings (SSSR count). The molecule has 0 radical (unpaired) electrons. The number of carbonyl (C=O) groups excluding carboxylic acids is 3. The second-order valence-corrected chi connectivity index (χ2v) is 8.67. The zero-order valence-electron chi connectivity index (χ0n) is 18.9. The Bertz CT molecular complexity index is 758. The third kappa shape index (κ3) is 8.87. The van der Waals surface area contributed by atoms with Crippen LogP contribution in [0.4, 0.5) is 0 Å². The Balaban J connectivity index is 2.95. The first-order chi connectivity index (χ1) is 15.1. The molecule has 12 heteroatoms. The highest BCUT2D eigenvalue weighted by molar-refractivity contribution is 7.98. The van der Waals surface area contributed by atoms with Crippen LogP contribution in [0, 0.1) is 5.92 Å². The summed E-state index contributed by atoms with van der Waals surface area (Å²) in [6.45, 7) is 5.21. The number of carboxylic acids is 1. The number of rotatable bonds is 14. The van der Waals surface area contributed by atoms with Gasteiger partial charge in [-0.2, -0.15) is 11.8 Å². The van der Waals surface area contributed by atoms with Gasteiger partial charge in [0.2, 0.25) is 17.7 Å². The molecule has 180 valence electrons. The van der Waals surface area contributed by atoms with Gasteiger partial charge in [-0.25, -0.2) is 9.78 Å². The Morgan fingerprint density at radius 2 is 1.78 bits per heavy atom. The Hall–Kier alpha value is -2.60. The number of nitrogens with zero attached hydrogens (tertiary/aromatic N) is 1. The number of imidazole rings is 1. The van der Waals surface area contributed by atoms with Crippen LogP contribution in [-0.4, -0.2) is 74.9 Å². The minimum Gasteiger partial charge on any atom is -0.480 e. The monoisotopic (exact) mass is 470 g/mol. The third-order valence-corrected chi connectivity index (χ3v) is 5.69. The highest BCUT2D eigenvalue weighted by Crippen LogP contribution is 2.10. The molecule has 7 N–H and O–H groups in total. The number of amides is 3. The molecule has 32 heavy (non-hydrogen) atoms. The molecule has 0 bridgehead atoms. The largest absolute Gasteiger partial charge is 0.480 e. The predicted molar refractivity (Wildman–Crippen MR) is 122 cm³/mol. The number of aliphatic carboxylic acids is 1. The van der Waals surface area contributed by atoms with Gasteiger partial charge in [0.05, 0.1) is 12.4 Å². The molecule has 1 aromatic heterocycles. The first kappa shape index (κ1) is 27.4. The van der Waals surface area contributed by atoms with Crippen LogP contribution in [0.25, 0.3) is 0 Å². The fourth-order valence-electron chi connectivity index (χ4n) is 2.84. The minimum absolute atomic E-state index is 0.0181. The number of carbonyl (C=O) groups is 4. The zero-order chi connectivity index (χ0) is 24.3. The van der Waals surface area contributed by atoms with Crippen LogP contribution in [-0.2, 0) is 25.6 Å². The van der Waals surface area contributed by atoms with E-state index >= 15 is 0 Å². The number of aromatic amines is 1. The number of carboxylic acid groups (broad SMARTS) is 1. The summed E-state index contributed by atoms with van der Waals surface area (Å²) in [6.07, 6.45) is 5.69. The molecular formula is C20H34N6O5S. The average Bonchev–Trinajstić information content (AvgIpc) is 3.26. The van der Waals surface area contributed by atoms with Gasteiger partial charge in [0.1, 0.15) is 18.1 Å². The third-order valence-electron chi connectivity index (χ3n) is 5.04. The number of nitrogens with two attached hydrogens (primary N) is 1. The maximum atomic E-state index is 13.0. The predicted octanol–water partition coefficient (Wildman–Crippen LogP) is -0.362. The Kier molecular flexibility index (Phi) is 11.8. The number of hydrogen-bond acceptors (Lipinski definition) is 7. The van der Waals surface area contributed by atoms with E-state index in [1.54, 1.807) is 0 Å². The molecule has 0 aromatic carbocycles. The molecule has 0 aliphatic carbocycles. The number of hydrogen-bond donors (Lipinski definition) is 6. The van der Waals surface area contributed by atoms with Crippen molar-refractivity contribution in [3.8, 4) is 0 Å². The van der Waals surface area contributed by atoms with Crippen LogP contribution in [0.3, 0.4) is 0 Å². The zero-order valence-corrected chi connectivity index (χ0v) is 19.7. The van der Waals surface area contributed by atoms with Crippen molar-refractivity contribution in [2.45, 2.75) is 64.2 Å². The Labute approximate surface area is 192 Å². The summed E-state index contributed by atoms with van der Waals surface area (Å²) >= 11 is 1.49. The maximum Gasteiger partial charge on any atom is 0.326 e. The summed E-state index contributed by atoms with van der Waals surface area (Å²) < 4.78 is 0. The van der Waals surface area contributed by atoms with E-state index in [2.05, 4.69) is 25.9 Å². The van der Waals surface area contributed by atoms with Gasteiger partial charge in [0, 0.05) is 18.3 Å². The highest BCUT2D eigenvalue weighted by Gasteiger charge is 2.32. The molecule has 3 amide bonds. The Morgan fingerprint density at radius 1 is 1.12 bits per heavy atom. The lowest BCUT2D eigenvalue weighted by Gasteiger charge is -2.27. The van der Waals surface area contributed by atoms with E-state index in [0.717, 1.165) is 0 Å². The quantitative estimate of drug-likeness (QED) is 0.213. The summed E-state index contributed by atoms with van der Waals surface area (Å²) in [4.78, 5) is 56.2. The van der Waals surface area contributed by atoms with Crippen LogP contribution >= 0.6 is 11.8 Å². The molecule has 0 aliphatic heterocycles. The van der Waals surface area contributed by atoms with E-state index < -0.39 is 47.9 Å². The summed E-state index contributed by atoms with van der Waals surface area (Å²) in [5.74, 6) is -2.44. The van der Waals surface area contributed by atoms with Gasteiger partial charge in [0.25, 0.3) is 0 Å². The van der Waals surface area contributed by atoms with E-state index in [1.165, 1.54) is 31.2 Å². The SMILES string of the molecule is CCC(C)C(NC(=O)C(C)N)C(=O)NC(CCSC)C(=O)NC(Cc1cnc[nH]1)C(=O)O. The molecule has 0 fully saturated rings. The van der Waals surface area contributed by atoms with Gasteiger partial charge in [-0.05, 0) is 31.3 Å². The fraction of sp³-hybridized carbons (Fsp3) is 0.650. The van der Waals surface area contributed by atoms with Gasteiger partial charge in [-0.15, -0.1) is 0 Å². The van der Waals surface area contributed by atoms with Gasteiger partial charge in [-0.3, -0.25) is 14.4 Å². The standard InChI is InChI=1S/C20H34N6O5S/c1-5-11(2)16(26-17(27)12(3)21)19(29)24-14(6-7-32-4)18(28)25-15(20(30)31)8-13-9-22-10-23-13/h9-12,14-16H,5-8,21H2,1-4H3,(H,22,23)(H,24,29)(H,25,28)(H,26,27)(H,30,31). The van der Waals surface area contributed by atoms with E-state index in [0.29, 0.717) is 24.3 Å². The van der Waals surface area contributed by atoms with Gasteiger partial charge < -0.3 is 31.8 Å². The van der Waals surface area contributed by atoms with Crippen molar-refractivity contribution in [1.82, 2.24) is 25.9 Å². The number of nitrogens with one attached hydrogen (secondary N) is 4. The van der Waals surface area contributed by atoms with Crippen LogP contribution < -0.4 is 21.7 Å².